The summed E-state index contributed by atoms with van der Waals surface area (Å²) < 4.78 is 32.4. The van der Waals surface area contributed by atoms with Crippen LogP contribution < -0.4 is 14.8 Å². The third-order valence-corrected chi connectivity index (χ3v) is 5.49. The molecule has 0 saturated heterocycles. The molecule has 0 unspecified atom stereocenters. The molecule has 26 heavy (non-hydrogen) atoms. The van der Waals surface area contributed by atoms with Crippen molar-refractivity contribution >= 4 is 38.1 Å². The Labute approximate surface area is 154 Å². The van der Waals surface area contributed by atoms with Gasteiger partial charge in [-0.1, -0.05) is 6.07 Å². The second-order valence-corrected chi connectivity index (χ2v) is 7.73. The molecule has 9 heteroatoms. The number of thiazole rings is 1. The molecule has 1 heterocycles. The van der Waals surface area contributed by atoms with Gasteiger partial charge in [-0.25, -0.2) is 13.4 Å². The van der Waals surface area contributed by atoms with Crippen LogP contribution in [0.4, 0.5) is 10.8 Å². The minimum absolute atomic E-state index is 0.0935. The number of carbonyl (C=O) groups excluding carboxylic acids is 1. The van der Waals surface area contributed by atoms with E-state index in [1.807, 2.05) is 0 Å². The Morgan fingerprint density at radius 2 is 1.92 bits per heavy atom. The van der Waals surface area contributed by atoms with Crippen LogP contribution in [-0.2, 0) is 10.0 Å². The SMILES string of the molecule is COc1ccc(S(=O)(=O)Nc2cccc(C(=O)Nc3nccs3)c2)cc1. The molecule has 2 aromatic carbocycles. The van der Waals surface area contributed by atoms with Gasteiger partial charge in [0.2, 0.25) is 0 Å². The fourth-order valence-electron chi connectivity index (χ4n) is 2.15. The van der Waals surface area contributed by atoms with E-state index in [1.54, 1.807) is 41.9 Å². The summed E-state index contributed by atoms with van der Waals surface area (Å²) in [6.45, 7) is 0. The summed E-state index contributed by atoms with van der Waals surface area (Å²) in [5, 5.41) is 4.87. The molecule has 0 aliphatic carbocycles. The highest BCUT2D eigenvalue weighted by atomic mass is 32.2. The number of aromatic nitrogens is 1. The summed E-state index contributed by atoms with van der Waals surface area (Å²) in [7, 11) is -2.27. The lowest BCUT2D eigenvalue weighted by Gasteiger charge is -2.10. The number of hydrogen-bond donors (Lipinski definition) is 2. The van der Waals surface area contributed by atoms with Crippen LogP contribution in [0.25, 0.3) is 0 Å². The zero-order valence-corrected chi connectivity index (χ0v) is 15.3. The molecule has 1 aromatic heterocycles. The summed E-state index contributed by atoms with van der Waals surface area (Å²) in [5.74, 6) is 0.190. The minimum atomic E-state index is -3.78. The van der Waals surface area contributed by atoms with E-state index in [4.69, 9.17) is 4.74 Å². The molecule has 7 nitrogen and oxygen atoms in total. The first kappa shape index (κ1) is 17.9. The maximum absolute atomic E-state index is 12.5. The first-order valence-corrected chi connectivity index (χ1v) is 9.82. The number of ether oxygens (including phenoxy) is 1. The molecule has 0 aliphatic heterocycles. The van der Waals surface area contributed by atoms with Crippen molar-refractivity contribution < 1.29 is 17.9 Å². The molecule has 0 radical (unpaired) electrons. The van der Waals surface area contributed by atoms with Crippen LogP contribution in [0.5, 0.6) is 5.75 Å². The Balaban J connectivity index is 1.78. The number of sulfonamides is 1. The second kappa shape index (κ2) is 7.54. The lowest BCUT2D eigenvalue weighted by molar-refractivity contribution is 0.102. The lowest BCUT2D eigenvalue weighted by atomic mass is 10.2. The average Bonchev–Trinajstić information content (AvgIpc) is 3.14. The predicted octanol–water partition coefficient (Wildman–Crippen LogP) is 3.20. The van der Waals surface area contributed by atoms with Gasteiger partial charge < -0.3 is 4.74 Å². The molecule has 0 aliphatic rings. The number of rotatable bonds is 6. The number of carbonyl (C=O) groups is 1. The van der Waals surface area contributed by atoms with Crippen molar-refractivity contribution in [1.82, 2.24) is 4.98 Å². The van der Waals surface area contributed by atoms with E-state index in [2.05, 4.69) is 15.0 Å². The van der Waals surface area contributed by atoms with Crippen LogP contribution in [0.2, 0.25) is 0 Å². The van der Waals surface area contributed by atoms with Crippen LogP contribution in [-0.4, -0.2) is 26.4 Å². The van der Waals surface area contributed by atoms with E-state index in [9.17, 15) is 13.2 Å². The van der Waals surface area contributed by atoms with Crippen LogP contribution >= 0.6 is 11.3 Å². The highest BCUT2D eigenvalue weighted by Gasteiger charge is 2.15. The van der Waals surface area contributed by atoms with Crippen molar-refractivity contribution in [2.45, 2.75) is 4.90 Å². The van der Waals surface area contributed by atoms with Gasteiger partial charge in [-0.3, -0.25) is 14.8 Å². The summed E-state index contributed by atoms with van der Waals surface area (Å²) in [5.41, 5.74) is 0.600. The first-order valence-electron chi connectivity index (χ1n) is 7.46. The Kier molecular flexibility index (Phi) is 5.19. The molecule has 3 aromatic rings. The standard InChI is InChI=1S/C17H15N3O4S2/c1-24-14-5-7-15(8-6-14)26(22,23)20-13-4-2-3-12(11-13)16(21)19-17-18-9-10-25-17/h2-11,20H,1H3,(H,18,19,21). The first-order chi connectivity index (χ1) is 12.5. The number of nitrogens with zero attached hydrogens (tertiary/aromatic N) is 1. The second-order valence-electron chi connectivity index (χ2n) is 5.15. The third-order valence-electron chi connectivity index (χ3n) is 3.40. The normalized spacial score (nSPS) is 11.0. The highest BCUT2D eigenvalue weighted by molar-refractivity contribution is 7.92. The van der Waals surface area contributed by atoms with E-state index >= 15 is 0 Å². The number of nitrogens with one attached hydrogen (secondary N) is 2. The van der Waals surface area contributed by atoms with Gasteiger partial charge in [0.15, 0.2) is 5.13 Å². The summed E-state index contributed by atoms with van der Waals surface area (Å²) in [6, 6.07) is 12.2. The van der Waals surface area contributed by atoms with Crippen molar-refractivity contribution in [3.8, 4) is 5.75 Å². The van der Waals surface area contributed by atoms with Gasteiger partial charge >= 0.3 is 0 Å². The Morgan fingerprint density at radius 3 is 2.58 bits per heavy atom. The number of hydrogen-bond acceptors (Lipinski definition) is 6. The van der Waals surface area contributed by atoms with Crippen molar-refractivity contribution in [2.75, 3.05) is 17.1 Å². The van der Waals surface area contributed by atoms with E-state index in [-0.39, 0.29) is 16.5 Å². The number of amides is 1. The van der Waals surface area contributed by atoms with Gasteiger partial charge in [0.25, 0.3) is 15.9 Å². The van der Waals surface area contributed by atoms with E-state index in [0.29, 0.717) is 16.4 Å². The van der Waals surface area contributed by atoms with E-state index in [0.717, 1.165) is 0 Å². The summed E-state index contributed by atoms with van der Waals surface area (Å²) >= 11 is 1.30. The monoisotopic (exact) mass is 389 g/mol. The van der Waals surface area contributed by atoms with Gasteiger partial charge in [0.1, 0.15) is 5.75 Å². The van der Waals surface area contributed by atoms with Crippen molar-refractivity contribution in [3.63, 3.8) is 0 Å². The van der Waals surface area contributed by atoms with E-state index < -0.39 is 10.0 Å². The maximum atomic E-state index is 12.5. The molecule has 0 fully saturated rings. The van der Waals surface area contributed by atoms with E-state index in [1.165, 1.54) is 36.6 Å². The highest BCUT2D eigenvalue weighted by Crippen LogP contribution is 2.20. The molecule has 0 atom stereocenters. The number of benzene rings is 2. The molecule has 134 valence electrons. The molecule has 0 saturated carbocycles. The van der Waals surface area contributed by atoms with Crippen molar-refractivity contribution in [2.24, 2.45) is 0 Å². The minimum Gasteiger partial charge on any atom is -0.497 e. The van der Waals surface area contributed by atoms with Crippen molar-refractivity contribution in [3.05, 3.63) is 65.7 Å². The Morgan fingerprint density at radius 1 is 1.15 bits per heavy atom. The topological polar surface area (TPSA) is 97.4 Å². The fourth-order valence-corrected chi connectivity index (χ4v) is 3.72. The smallest absolute Gasteiger partial charge is 0.261 e. The summed E-state index contributed by atoms with van der Waals surface area (Å²) in [6.07, 6.45) is 1.58. The lowest BCUT2D eigenvalue weighted by Crippen LogP contribution is -2.15. The Bertz CT molecular complexity index is 1000. The Hall–Kier alpha value is -2.91. The van der Waals surface area contributed by atoms with Crippen LogP contribution in [0, 0.1) is 0 Å². The quantitative estimate of drug-likeness (QED) is 0.675. The van der Waals surface area contributed by atoms with Crippen LogP contribution in [0.15, 0.2) is 65.0 Å². The number of anilines is 2. The largest absolute Gasteiger partial charge is 0.497 e. The van der Waals surface area contributed by atoms with Crippen molar-refractivity contribution in [1.29, 1.82) is 0 Å². The maximum Gasteiger partial charge on any atom is 0.261 e. The summed E-state index contributed by atoms with van der Waals surface area (Å²) in [4.78, 5) is 16.3. The zero-order chi connectivity index (χ0) is 18.6. The third kappa shape index (κ3) is 4.19. The number of methoxy groups -OCH3 is 1. The van der Waals surface area contributed by atoms with Crippen LogP contribution in [0.1, 0.15) is 10.4 Å². The molecular weight excluding hydrogens is 374 g/mol. The van der Waals surface area contributed by atoms with Gasteiger partial charge in [0, 0.05) is 22.8 Å². The fraction of sp³-hybridized carbons (Fsp3) is 0.0588. The van der Waals surface area contributed by atoms with Gasteiger partial charge in [0.05, 0.1) is 12.0 Å². The van der Waals surface area contributed by atoms with Crippen LogP contribution in [0.3, 0.4) is 0 Å². The predicted molar refractivity (Wildman–Crippen MR) is 100 cm³/mol. The molecule has 2 N–H and O–H groups in total. The molecule has 3 rings (SSSR count). The molecule has 1 amide bonds. The molecule has 0 spiro atoms. The zero-order valence-electron chi connectivity index (χ0n) is 13.7. The molecule has 0 bridgehead atoms. The van der Waals surface area contributed by atoms with Gasteiger partial charge in [-0.15, -0.1) is 11.3 Å². The van der Waals surface area contributed by atoms with Gasteiger partial charge in [-0.2, -0.15) is 0 Å². The average molecular weight is 389 g/mol. The molecular formula is C17H15N3O4S2. The van der Waals surface area contributed by atoms with Gasteiger partial charge in [-0.05, 0) is 42.5 Å².